The zero-order chi connectivity index (χ0) is 15.5. The molecule has 1 unspecified atom stereocenters. The van der Waals surface area contributed by atoms with E-state index in [1.807, 2.05) is 20.8 Å². The number of hydrogen-bond acceptors (Lipinski definition) is 2. The highest BCUT2D eigenvalue weighted by atomic mass is 79.9. The summed E-state index contributed by atoms with van der Waals surface area (Å²) in [6.45, 7) is 7.34. The molecule has 0 spiro atoms. The molecule has 110 valence electrons. The number of carbonyl (C=O) groups is 2. The molecule has 0 heterocycles. The summed E-state index contributed by atoms with van der Waals surface area (Å²) in [6.07, 6.45) is 0. The van der Waals surface area contributed by atoms with Crippen molar-refractivity contribution in [2.24, 2.45) is 0 Å². The molecular weight excluding hydrogens is 388 g/mol. The molecule has 4 nitrogen and oxygen atoms in total. The standard InChI is InChI=1S/C14H18Br2N2O2/c1-8(12(19)18-14(2,3)4)17-13(20)10-6-5-9(15)7-11(10)16/h5-8H,1-4H3,(H,17,20)(H,18,19). The van der Waals surface area contributed by atoms with Crippen LogP contribution in [-0.2, 0) is 4.79 Å². The minimum Gasteiger partial charge on any atom is -0.350 e. The van der Waals surface area contributed by atoms with Gasteiger partial charge in [0.1, 0.15) is 6.04 Å². The molecule has 0 aliphatic carbocycles. The van der Waals surface area contributed by atoms with Gasteiger partial charge in [-0.25, -0.2) is 0 Å². The van der Waals surface area contributed by atoms with Crippen molar-refractivity contribution in [2.75, 3.05) is 0 Å². The predicted octanol–water partition coefficient (Wildman–Crippen LogP) is 3.24. The van der Waals surface area contributed by atoms with E-state index < -0.39 is 6.04 Å². The first-order valence-corrected chi connectivity index (χ1v) is 7.76. The lowest BCUT2D eigenvalue weighted by Crippen LogP contribution is -2.50. The van der Waals surface area contributed by atoms with Crippen LogP contribution in [0.5, 0.6) is 0 Å². The van der Waals surface area contributed by atoms with Gasteiger partial charge in [0.15, 0.2) is 0 Å². The van der Waals surface area contributed by atoms with E-state index in [4.69, 9.17) is 0 Å². The monoisotopic (exact) mass is 404 g/mol. The van der Waals surface area contributed by atoms with E-state index >= 15 is 0 Å². The van der Waals surface area contributed by atoms with Crippen LogP contribution in [0.15, 0.2) is 27.1 Å². The summed E-state index contributed by atoms with van der Waals surface area (Å²) >= 11 is 6.66. The Kier molecular flexibility index (Phi) is 5.77. The maximum Gasteiger partial charge on any atom is 0.253 e. The largest absolute Gasteiger partial charge is 0.350 e. The smallest absolute Gasteiger partial charge is 0.253 e. The fraction of sp³-hybridized carbons (Fsp3) is 0.429. The van der Waals surface area contributed by atoms with Crippen LogP contribution in [0.1, 0.15) is 38.1 Å². The Morgan fingerprint density at radius 2 is 1.80 bits per heavy atom. The van der Waals surface area contributed by atoms with Crippen molar-refractivity contribution in [3.8, 4) is 0 Å². The van der Waals surface area contributed by atoms with Gasteiger partial charge in [0.05, 0.1) is 5.56 Å². The third-order valence-electron chi connectivity index (χ3n) is 2.41. The summed E-state index contributed by atoms with van der Waals surface area (Å²) < 4.78 is 1.55. The lowest BCUT2D eigenvalue weighted by atomic mass is 10.1. The van der Waals surface area contributed by atoms with Gasteiger partial charge in [-0.3, -0.25) is 9.59 Å². The average Bonchev–Trinajstić information content (AvgIpc) is 2.26. The van der Waals surface area contributed by atoms with E-state index in [9.17, 15) is 9.59 Å². The van der Waals surface area contributed by atoms with Crippen LogP contribution in [-0.4, -0.2) is 23.4 Å². The summed E-state index contributed by atoms with van der Waals surface area (Å²) in [5, 5.41) is 5.51. The topological polar surface area (TPSA) is 58.2 Å². The highest BCUT2D eigenvalue weighted by Crippen LogP contribution is 2.21. The maximum atomic E-state index is 12.1. The van der Waals surface area contributed by atoms with Gasteiger partial charge in [-0.15, -0.1) is 0 Å². The third-order valence-corrected chi connectivity index (χ3v) is 3.56. The van der Waals surface area contributed by atoms with Gasteiger partial charge < -0.3 is 10.6 Å². The van der Waals surface area contributed by atoms with Gasteiger partial charge in [-0.2, -0.15) is 0 Å². The lowest BCUT2D eigenvalue weighted by molar-refractivity contribution is -0.124. The number of hydrogen-bond donors (Lipinski definition) is 2. The second-order valence-corrected chi connectivity index (χ2v) is 7.33. The van der Waals surface area contributed by atoms with E-state index in [-0.39, 0.29) is 17.4 Å². The molecule has 1 aromatic carbocycles. The number of rotatable bonds is 3. The van der Waals surface area contributed by atoms with Crippen molar-refractivity contribution < 1.29 is 9.59 Å². The van der Waals surface area contributed by atoms with E-state index in [0.29, 0.717) is 10.0 Å². The van der Waals surface area contributed by atoms with E-state index in [2.05, 4.69) is 42.5 Å². The molecule has 0 aromatic heterocycles. The Morgan fingerprint density at radius 3 is 2.30 bits per heavy atom. The number of nitrogens with one attached hydrogen (secondary N) is 2. The number of benzene rings is 1. The molecular formula is C14H18Br2N2O2. The average molecular weight is 406 g/mol. The molecule has 2 amide bonds. The van der Waals surface area contributed by atoms with E-state index in [1.165, 1.54) is 0 Å². The van der Waals surface area contributed by atoms with Crippen molar-refractivity contribution in [3.05, 3.63) is 32.7 Å². The third kappa shape index (κ3) is 5.25. The van der Waals surface area contributed by atoms with Crippen LogP contribution < -0.4 is 10.6 Å². The Labute approximate surface area is 136 Å². The van der Waals surface area contributed by atoms with Crippen molar-refractivity contribution in [1.82, 2.24) is 10.6 Å². The first kappa shape index (κ1) is 17.2. The molecule has 0 radical (unpaired) electrons. The molecule has 0 saturated heterocycles. The van der Waals surface area contributed by atoms with Gasteiger partial charge in [0.25, 0.3) is 5.91 Å². The van der Waals surface area contributed by atoms with E-state index in [1.54, 1.807) is 25.1 Å². The Hall–Kier alpha value is -0.880. The van der Waals surface area contributed by atoms with Crippen molar-refractivity contribution in [3.63, 3.8) is 0 Å². The normalized spacial score (nSPS) is 12.7. The van der Waals surface area contributed by atoms with Crippen molar-refractivity contribution in [1.29, 1.82) is 0 Å². The first-order valence-electron chi connectivity index (χ1n) is 6.18. The highest BCUT2D eigenvalue weighted by molar-refractivity contribution is 9.11. The number of halogens is 2. The molecule has 2 N–H and O–H groups in total. The zero-order valence-electron chi connectivity index (χ0n) is 11.9. The Balaban J connectivity index is 2.73. The molecule has 0 aliphatic rings. The Morgan fingerprint density at radius 1 is 1.20 bits per heavy atom. The van der Waals surface area contributed by atoms with Crippen molar-refractivity contribution in [2.45, 2.75) is 39.3 Å². The summed E-state index contributed by atoms with van der Waals surface area (Å²) in [5.41, 5.74) is 0.164. The van der Waals surface area contributed by atoms with Gasteiger partial charge >= 0.3 is 0 Å². The van der Waals surface area contributed by atoms with Gasteiger partial charge in [-0.05, 0) is 61.8 Å². The van der Waals surface area contributed by atoms with Crippen LogP contribution >= 0.6 is 31.9 Å². The zero-order valence-corrected chi connectivity index (χ0v) is 15.1. The SMILES string of the molecule is CC(NC(=O)c1ccc(Br)cc1Br)C(=O)NC(C)(C)C. The van der Waals surface area contributed by atoms with Crippen LogP contribution in [0.2, 0.25) is 0 Å². The predicted molar refractivity (Wildman–Crippen MR) is 86.7 cm³/mol. The summed E-state index contributed by atoms with van der Waals surface area (Å²) in [4.78, 5) is 24.0. The van der Waals surface area contributed by atoms with Crippen LogP contribution in [0.25, 0.3) is 0 Å². The Bertz CT molecular complexity index is 524. The van der Waals surface area contributed by atoms with Gasteiger partial charge in [-0.1, -0.05) is 15.9 Å². The van der Waals surface area contributed by atoms with Gasteiger partial charge in [0, 0.05) is 14.5 Å². The highest BCUT2D eigenvalue weighted by Gasteiger charge is 2.21. The molecule has 1 aromatic rings. The van der Waals surface area contributed by atoms with Gasteiger partial charge in [0.2, 0.25) is 5.91 Å². The minimum atomic E-state index is -0.600. The molecule has 20 heavy (non-hydrogen) atoms. The molecule has 6 heteroatoms. The first-order chi connectivity index (χ1) is 9.10. The molecule has 0 fully saturated rings. The van der Waals surface area contributed by atoms with Crippen LogP contribution in [0.3, 0.4) is 0 Å². The summed E-state index contributed by atoms with van der Waals surface area (Å²) in [7, 11) is 0. The molecule has 1 rings (SSSR count). The van der Waals surface area contributed by atoms with Crippen LogP contribution in [0.4, 0.5) is 0 Å². The van der Waals surface area contributed by atoms with E-state index in [0.717, 1.165) is 4.47 Å². The maximum absolute atomic E-state index is 12.1. The number of amides is 2. The quantitative estimate of drug-likeness (QED) is 0.810. The van der Waals surface area contributed by atoms with Crippen molar-refractivity contribution >= 4 is 43.7 Å². The molecule has 0 aliphatic heterocycles. The molecule has 0 saturated carbocycles. The lowest BCUT2D eigenvalue weighted by Gasteiger charge is -2.23. The fourth-order valence-corrected chi connectivity index (χ4v) is 2.72. The summed E-state index contributed by atoms with van der Waals surface area (Å²) in [6, 6.07) is 4.66. The second-order valence-electron chi connectivity index (χ2n) is 5.56. The minimum absolute atomic E-state index is 0.209. The number of carbonyl (C=O) groups excluding carboxylic acids is 2. The fourth-order valence-electron chi connectivity index (χ4n) is 1.49. The summed E-state index contributed by atoms with van der Waals surface area (Å²) in [5.74, 6) is -0.500. The molecule has 1 atom stereocenters. The molecule has 0 bridgehead atoms. The second kappa shape index (κ2) is 6.72. The van der Waals surface area contributed by atoms with Crippen LogP contribution in [0, 0.1) is 0 Å².